The van der Waals surface area contributed by atoms with Crippen LogP contribution >= 0.6 is 11.3 Å². The summed E-state index contributed by atoms with van der Waals surface area (Å²) < 4.78 is 5.40. The third kappa shape index (κ3) is 4.25. The van der Waals surface area contributed by atoms with Crippen molar-refractivity contribution in [1.29, 1.82) is 0 Å². The molecule has 0 atom stereocenters. The molecule has 29 heavy (non-hydrogen) atoms. The zero-order chi connectivity index (χ0) is 20.2. The van der Waals surface area contributed by atoms with Crippen LogP contribution in [0.15, 0.2) is 60.0 Å². The molecule has 148 valence electrons. The maximum absolute atomic E-state index is 12.7. The number of urea groups is 1. The van der Waals surface area contributed by atoms with Gasteiger partial charge in [-0.25, -0.2) is 4.79 Å². The summed E-state index contributed by atoms with van der Waals surface area (Å²) in [4.78, 5) is 27.6. The highest BCUT2D eigenvalue weighted by molar-refractivity contribution is 7.12. The minimum Gasteiger partial charge on any atom is -0.494 e. The number of rotatable bonds is 5. The summed E-state index contributed by atoms with van der Waals surface area (Å²) >= 11 is 1.43. The van der Waals surface area contributed by atoms with Gasteiger partial charge in [-0.1, -0.05) is 12.1 Å². The summed E-state index contributed by atoms with van der Waals surface area (Å²) in [6, 6.07) is 16.2. The molecule has 1 aliphatic rings. The van der Waals surface area contributed by atoms with Crippen molar-refractivity contribution in [3.63, 3.8) is 0 Å². The van der Waals surface area contributed by atoms with E-state index < -0.39 is 0 Å². The van der Waals surface area contributed by atoms with Gasteiger partial charge < -0.3 is 20.3 Å². The molecule has 3 amide bonds. The fourth-order valence-electron chi connectivity index (χ4n) is 3.30. The van der Waals surface area contributed by atoms with Gasteiger partial charge in [-0.2, -0.15) is 0 Å². The Labute approximate surface area is 173 Å². The van der Waals surface area contributed by atoms with Gasteiger partial charge >= 0.3 is 6.03 Å². The Morgan fingerprint density at radius 2 is 1.83 bits per heavy atom. The summed E-state index contributed by atoms with van der Waals surface area (Å²) in [5.41, 5.74) is 3.26. The number of anilines is 3. The first kappa shape index (κ1) is 19.0. The third-order valence-corrected chi connectivity index (χ3v) is 5.50. The quantitative estimate of drug-likeness (QED) is 0.626. The molecule has 1 aliphatic heterocycles. The van der Waals surface area contributed by atoms with E-state index in [0.717, 1.165) is 23.4 Å². The van der Waals surface area contributed by atoms with Gasteiger partial charge in [-0.3, -0.25) is 4.79 Å². The van der Waals surface area contributed by atoms with Crippen LogP contribution in [-0.2, 0) is 6.42 Å². The highest BCUT2D eigenvalue weighted by atomic mass is 32.1. The smallest absolute Gasteiger partial charge is 0.323 e. The van der Waals surface area contributed by atoms with E-state index in [9.17, 15) is 9.59 Å². The number of carbonyl (C=O) groups excluding carboxylic acids is 2. The Bertz CT molecular complexity index is 1020. The lowest BCUT2D eigenvalue weighted by Gasteiger charge is -2.17. The second-order valence-electron chi connectivity index (χ2n) is 6.56. The Morgan fingerprint density at radius 1 is 1.07 bits per heavy atom. The largest absolute Gasteiger partial charge is 0.494 e. The second kappa shape index (κ2) is 8.36. The number of nitrogens with zero attached hydrogens (tertiary/aromatic N) is 1. The fraction of sp³-hybridized carbons (Fsp3) is 0.182. The monoisotopic (exact) mass is 407 g/mol. The van der Waals surface area contributed by atoms with Crippen molar-refractivity contribution in [3.05, 3.63) is 70.4 Å². The molecule has 0 bridgehead atoms. The minimum atomic E-state index is -0.344. The van der Waals surface area contributed by atoms with E-state index in [0.29, 0.717) is 29.4 Å². The number of fused-ring (bicyclic) bond motifs is 1. The molecule has 0 aliphatic carbocycles. The van der Waals surface area contributed by atoms with Gasteiger partial charge in [-0.15, -0.1) is 11.3 Å². The summed E-state index contributed by atoms with van der Waals surface area (Å²) in [5, 5.41) is 7.53. The Kier molecular flexibility index (Phi) is 5.48. The van der Waals surface area contributed by atoms with E-state index in [1.165, 1.54) is 11.3 Å². The lowest BCUT2D eigenvalue weighted by atomic mass is 10.1. The standard InChI is InChI=1S/C22H21N3O3S/c1-2-28-18-9-7-16(8-10-18)23-22(27)24-17-6-5-15-11-12-25(19(15)14-17)21(26)20-4-3-13-29-20/h3-10,13-14H,2,11-12H2,1H3,(H2,23,24,27). The van der Waals surface area contributed by atoms with Crippen molar-refractivity contribution in [2.24, 2.45) is 0 Å². The molecular weight excluding hydrogens is 386 g/mol. The van der Waals surface area contributed by atoms with Crippen LogP contribution in [0.1, 0.15) is 22.2 Å². The first-order chi connectivity index (χ1) is 14.1. The van der Waals surface area contributed by atoms with Gasteiger partial charge in [0.1, 0.15) is 5.75 Å². The topological polar surface area (TPSA) is 70.7 Å². The van der Waals surface area contributed by atoms with Crippen LogP contribution in [0.5, 0.6) is 5.75 Å². The molecule has 0 unspecified atom stereocenters. The minimum absolute atomic E-state index is 0.00487. The van der Waals surface area contributed by atoms with E-state index in [-0.39, 0.29) is 11.9 Å². The van der Waals surface area contributed by atoms with Gasteiger partial charge in [0, 0.05) is 23.6 Å². The molecule has 2 N–H and O–H groups in total. The molecule has 0 spiro atoms. The Hall–Kier alpha value is -3.32. The van der Waals surface area contributed by atoms with Crippen LogP contribution in [-0.4, -0.2) is 25.1 Å². The second-order valence-corrected chi connectivity index (χ2v) is 7.51. The number of ether oxygens (including phenoxy) is 1. The lowest BCUT2D eigenvalue weighted by molar-refractivity contribution is 0.0993. The molecule has 7 heteroatoms. The highest BCUT2D eigenvalue weighted by Crippen LogP contribution is 2.32. The molecule has 2 heterocycles. The third-order valence-electron chi connectivity index (χ3n) is 4.64. The maximum Gasteiger partial charge on any atom is 0.323 e. The number of hydrogen-bond donors (Lipinski definition) is 2. The van der Waals surface area contributed by atoms with Crippen molar-refractivity contribution in [2.45, 2.75) is 13.3 Å². The summed E-state index contributed by atoms with van der Waals surface area (Å²) in [6.45, 7) is 3.16. The van der Waals surface area contributed by atoms with Crippen molar-refractivity contribution in [3.8, 4) is 5.75 Å². The predicted molar refractivity (Wildman–Crippen MR) is 116 cm³/mol. The molecule has 6 nitrogen and oxygen atoms in total. The van der Waals surface area contributed by atoms with Gasteiger partial charge in [0.05, 0.1) is 11.5 Å². The average Bonchev–Trinajstić information content (AvgIpc) is 3.39. The van der Waals surface area contributed by atoms with E-state index in [1.807, 2.05) is 54.8 Å². The van der Waals surface area contributed by atoms with Crippen molar-refractivity contribution in [1.82, 2.24) is 0 Å². The van der Waals surface area contributed by atoms with Crippen LogP contribution in [0.2, 0.25) is 0 Å². The van der Waals surface area contributed by atoms with Crippen LogP contribution < -0.4 is 20.3 Å². The first-order valence-corrected chi connectivity index (χ1v) is 10.3. The molecule has 0 saturated heterocycles. The average molecular weight is 407 g/mol. The maximum atomic E-state index is 12.7. The zero-order valence-electron chi connectivity index (χ0n) is 16.0. The van der Waals surface area contributed by atoms with E-state index >= 15 is 0 Å². The van der Waals surface area contributed by atoms with E-state index in [4.69, 9.17) is 4.74 Å². The van der Waals surface area contributed by atoms with E-state index in [1.54, 1.807) is 17.0 Å². The zero-order valence-corrected chi connectivity index (χ0v) is 16.8. The van der Waals surface area contributed by atoms with Crippen LogP contribution in [0.25, 0.3) is 0 Å². The van der Waals surface area contributed by atoms with Crippen LogP contribution in [0, 0.1) is 0 Å². The number of amides is 3. The van der Waals surface area contributed by atoms with Crippen LogP contribution in [0.3, 0.4) is 0 Å². The summed E-state index contributed by atoms with van der Waals surface area (Å²) in [6.07, 6.45) is 0.811. The molecule has 1 aromatic heterocycles. The molecular formula is C22H21N3O3S. The van der Waals surface area contributed by atoms with Gasteiger partial charge in [0.25, 0.3) is 5.91 Å². The number of thiophene rings is 1. The SMILES string of the molecule is CCOc1ccc(NC(=O)Nc2ccc3c(c2)N(C(=O)c2cccs2)CC3)cc1. The number of carbonyl (C=O) groups is 2. The Balaban J connectivity index is 1.44. The molecule has 0 radical (unpaired) electrons. The summed E-state index contributed by atoms with van der Waals surface area (Å²) in [7, 11) is 0. The Morgan fingerprint density at radius 3 is 2.55 bits per heavy atom. The van der Waals surface area contributed by atoms with Gasteiger partial charge in [-0.05, 0) is 66.8 Å². The molecule has 4 rings (SSSR count). The predicted octanol–water partition coefficient (Wildman–Crippen LogP) is 4.99. The van der Waals surface area contributed by atoms with Gasteiger partial charge in [0.2, 0.25) is 0 Å². The first-order valence-electron chi connectivity index (χ1n) is 9.43. The number of nitrogens with one attached hydrogen (secondary N) is 2. The van der Waals surface area contributed by atoms with E-state index in [2.05, 4.69) is 10.6 Å². The summed E-state index contributed by atoms with van der Waals surface area (Å²) in [5.74, 6) is 0.752. The normalized spacial score (nSPS) is 12.4. The molecule has 2 aromatic carbocycles. The van der Waals surface area contributed by atoms with Gasteiger partial charge in [0.15, 0.2) is 0 Å². The number of benzene rings is 2. The van der Waals surface area contributed by atoms with Crippen molar-refractivity contribution in [2.75, 3.05) is 28.7 Å². The van der Waals surface area contributed by atoms with Crippen molar-refractivity contribution >= 4 is 40.3 Å². The number of hydrogen-bond acceptors (Lipinski definition) is 4. The molecule has 3 aromatic rings. The molecule has 0 saturated carbocycles. The van der Waals surface area contributed by atoms with Crippen LogP contribution in [0.4, 0.5) is 21.9 Å². The molecule has 0 fully saturated rings. The lowest BCUT2D eigenvalue weighted by Crippen LogP contribution is -2.28. The highest BCUT2D eigenvalue weighted by Gasteiger charge is 2.26. The van der Waals surface area contributed by atoms with Crippen molar-refractivity contribution < 1.29 is 14.3 Å². The fourth-order valence-corrected chi connectivity index (χ4v) is 3.97.